The maximum atomic E-state index is 10.8. The lowest BCUT2D eigenvalue weighted by molar-refractivity contribution is 0.0690. The summed E-state index contributed by atoms with van der Waals surface area (Å²) >= 11 is 0. The number of nitrogens with one attached hydrogen (secondary N) is 1. The van der Waals surface area contributed by atoms with Crippen LogP contribution in [0.2, 0.25) is 0 Å². The van der Waals surface area contributed by atoms with Gasteiger partial charge in [0.2, 0.25) is 0 Å². The van der Waals surface area contributed by atoms with Crippen molar-refractivity contribution < 1.29 is 9.90 Å². The first-order chi connectivity index (χ1) is 11.2. The smallest absolute Gasteiger partial charge is 0.356 e. The quantitative estimate of drug-likeness (QED) is 0.884. The molecular weight excluding hydrogens is 292 g/mol. The molecule has 2 N–H and O–H groups in total. The van der Waals surface area contributed by atoms with Crippen LogP contribution in [0.4, 0.5) is 11.5 Å². The Morgan fingerprint density at radius 1 is 1.13 bits per heavy atom. The van der Waals surface area contributed by atoms with Crippen molar-refractivity contribution in [2.45, 2.75) is 25.8 Å². The molecule has 1 aliphatic heterocycles. The van der Waals surface area contributed by atoms with E-state index in [1.807, 2.05) is 6.07 Å². The second kappa shape index (κ2) is 7.09. The van der Waals surface area contributed by atoms with Crippen molar-refractivity contribution in [3.05, 3.63) is 47.9 Å². The summed E-state index contributed by atoms with van der Waals surface area (Å²) in [6.45, 7) is 2.84. The van der Waals surface area contributed by atoms with Crippen LogP contribution in [0.1, 0.15) is 35.3 Å². The second-order valence-electron chi connectivity index (χ2n) is 5.62. The molecule has 2 heterocycles. The van der Waals surface area contributed by atoms with E-state index in [1.54, 1.807) is 0 Å². The number of anilines is 2. The third kappa shape index (κ3) is 3.77. The van der Waals surface area contributed by atoms with Crippen molar-refractivity contribution >= 4 is 17.5 Å². The predicted molar refractivity (Wildman–Crippen MR) is 88.8 cm³/mol. The van der Waals surface area contributed by atoms with Crippen LogP contribution in [0, 0.1) is 0 Å². The molecule has 0 amide bonds. The molecule has 0 bridgehead atoms. The van der Waals surface area contributed by atoms with Gasteiger partial charge in [-0.25, -0.2) is 14.8 Å². The van der Waals surface area contributed by atoms with Gasteiger partial charge in [0.05, 0.1) is 12.4 Å². The van der Waals surface area contributed by atoms with Crippen molar-refractivity contribution in [1.82, 2.24) is 9.97 Å². The zero-order valence-electron chi connectivity index (χ0n) is 12.9. The van der Waals surface area contributed by atoms with Gasteiger partial charge in [-0.05, 0) is 30.9 Å². The molecule has 1 saturated heterocycles. The standard InChI is InChI=1S/C17H20N4O2/c22-17(23)14-11-20-16(12-18-14)19-10-13-6-2-3-7-15(13)21-8-4-1-5-9-21/h2-3,6-7,11-12H,1,4-5,8-10H2,(H,19,20)(H,22,23). The lowest BCUT2D eigenvalue weighted by Crippen LogP contribution is -2.30. The Kier molecular flexibility index (Phi) is 4.71. The Bertz CT molecular complexity index is 667. The molecule has 1 aromatic carbocycles. The zero-order chi connectivity index (χ0) is 16.1. The van der Waals surface area contributed by atoms with Crippen LogP contribution >= 0.6 is 0 Å². The highest BCUT2D eigenvalue weighted by molar-refractivity contribution is 5.84. The van der Waals surface area contributed by atoms with Crippen molar-refractivity contribution in [2.75, 3.05) is 23.3 Å². The summed E-state index contributed by atoms with van der Waals surface area (Å²) in [7, 11) is 0. The highest BCUT2D eigenvalue weighted by atomic mass is 16.4. The monoisotopic (exact) mass is 312 g/mol. The van der Waals surface area contributed by atoms with Gasteiger partial charge in [-0.2, -0.15) is 0 Å². The fourth-order valence-corrected chi connectivity index (χ4v) is 2.82. The molecule has 0 radical (unpaired) electrons. The molecule has 120 valence electrons. The van der Waals surface area contributed by atoms with E-state index < -0.39 is 5.97 Å². The first-order valence-corrected chi connectivity index (χ1v) is 7.86. The normalized spacial score (nSPS) is 14.5. The summed E-state index contributed by atoms with van der Waals surface area (Å²) in [4.78, 5) is 21.2. The lowest BCUT2D eigenvalue weighted by Gasteiger charge is -2.30. The number of carbonyl (C=O) groups is 1. The van der Waals surface area contributed by atoms with E-state index in [0.717, 1.165) is 13.1 Å². The summed E-state index contributed by atoms with van der Waals surface area (Å²) < 4.78 is 0. The third-order valence-electron chi connectivity index (χ3n) is 4.02. The summed E-state index contributed by atoms with van der Waals surface area (Å²) in [5, 5.41) is 12.0. The van der Waals surface area contributed by atoms with Crippen LogP contribution in [0.15, 0.2) is 36.7 Å². The highest BCUT2D eigenvalue weighted by Crippen LogP contribution is 2.24. The average Bonchev–Trinajstić information content (AvgIpc) is 2.61. The van der Waals surface area contributed by atoms with Gasteiger partial charge in [0.15, 0.2) is 5.69 Å². The molecule has 0 spiro atoms. The van der Waals surface area contributed by atoms with E-state index in [9.17, 15) is 4.79 Å². The minimum atomic E-state index is -1.07. The van der Waals surface area contributed by atoms with E-state index in [1.165, 1.54) is 42.9 Å². The van der Waals surface area contributed by atoms with Gasteiger partial charge in [0.1, 0.15) is 5.82 Å². The van der Waals surface area contributed by atoms with E-state index in [2.05, 4.69) is 38.4 Å². The Morgan fingerprint density at radius 2 is 1.91 bits per heavy atom. The van der Waals surface area contributed by atoms with Crippen LogP contribution in [-0.4, -0.2) is 34.1 Å². The number of aromatic carboxylic acids is 1. The SMILES string of the molecule is O=C(O)c1cnc(NCc2ccccc2N2CCCCC2)cn1. The number of hydrogen-bond acceptors (Lipinski definition) is 5. The van der Waals surface area contributed by atoms with Gasteiger partial charge >= 0.3 is 5.97 Å². The number of benzene rings is 1. The molecule has 23 heavy (non-hydrogen) atoms. The van der Waals surface area contributed by atoms with Gasteiger partial charge in [-0.3, -0.25) is 0 Å². The van der Waals surface area contributed by atoms with Crippen molar-refractivity contribution in [2.24, 2.45) is 0 Å². The molecule has 3 rings (SSSR count). The average molecular weight is 312 g/mol. The number of hydrogen-bond donors (Lipinski definition) is 2. The van der Waals surface area contributed by atoms with Crippen LogP contribution in [0.5, 0.6) is 0 Å². The predicted octanol–water partition coefficient (Wildman–Crippen LogP) is 2.78. The molecule has 0 unspecified atom stereocenters. The molecule has 0 saturated carbocycles. The maximum Gasteiger partial charge on any atom is 0.356 e. The zero-order valence-corrected chi connectivity index (χ0v) is 12.9. The molecule has 1 aromatic heterocycles. The largest absolute Gasteiger partial charge is 0.476 e. The fourth-order valence-electron chi connectivity index (χ4n) is 2.82. The number of rotatable bonds is 5. The number of piperidine rings is 1. The number of carboxylic acids is 1. The van der Waals surface area contributed by atoms with Gasteiger partial charge < -0.3 is 15.3 Å². The van der Waals surface area contributed by atoms with Crippen LogP contribution < -0.4 is 10.2 Å². The van der Waals surface area contributed by atoms with E-state index in [-0.39, 0.29) is 5.69 Å². The lowest BCUT2D eigenvalue weighted by atomic mass is 10.1. The minimum absolute atomic E-state index is 0.0516. The molecule has 0 atom stereocenters. The Morgan fingerprint density at radius 3 is 2.61 bits per heavy atom. The van der Waals surface area contributed by atoms with Gasteiger partial charge in [0, 0.05) is 25.3 Å². The number of carboxylic acid groups (broad SMARTS) is 1. The van der Waals surface area contributed by atoms with Crippen LogP contribution in [-0.2, 0) is 6.54 Å². The summed E-state index contributed by atoms with van der Waals surface area (Å²) in [6, 6.07) is 8.36. The van der Waals surface area contributed by atoms with E-state index in [4.69, 9.17) is 5.11 Å². The van der Waals surface area contributed by atoms with Crippen LogP contribution in [0.25, 0.3) is 0 Å². The molecule has 1 fully saturated rings. The summed E-state index contributed by atoms with van der Waals surface area (Å²) in [6.07, 6.45) is 6.50. The first-order valence-electron chi connectivity index (χ1n) is 7.86. The maximum absolute atomic E-state index is 10.8. The molecular formula is C17H20N4O2. The van der Waals surface area contributed by atoms with Gasteiger partial charge in [-0.1, -0.05) is 18.2 Å². The second-order valence-corrected chi connectivity index (χ2v) is 5.62. The number of nitrogens with zero attached hydrogens (tertiary/aromatic N) is 3. The highest BCUT2D eigenvalue weighted by Gasteiger charge is 2.14. The van der Waals surface area contributed by atoms with Crippen LogP contribution in [0.3, 0.4) is 0 Å². The molecule has 6 heteroatoms. The molecule has 2 aromatic rings. The molecule has 0 aliphatic carbocycles. The molecule has 6 nitrogen and oxygen atoms in total. The summed E-state index contributed by atoms with van der Waals surface area (Å²) in [5.41, 5.74) is 2.41. The van der Waals surface area contributed by atoms with Crippen molar-refractivity contribution in [3.63, 3.8) is 0 Å². The fraction of sp³-hybridized carbons (Fsp3) is 0.353. The van der Waals surface area contributed by atoms with E-state index >= 15 is 0 Å². The third-order valence-corrected chi connectivity index (χ3v) is 4.02. The van der Waals surface area contributed by atoms with Crippen molar-refractivity contribution in [1.29, 1.82) is 0 Å². The van der Waals surface area contributed by atoms with Gasteiger partial charge in [-0.15, -0.1) is 0 Å². The Hall–Kier alpha value is -2.63. The number of para-hydroxylation sites is 1. The minimum Gasteiger partial charge on any atom is -0.476 e. The summed E-state index contributed by atoms with van der Waals surface area (Å²) in [5.74, 6) is -0.497. The first kappa shape index (κ1) is 15.3. The van der Waals surface area contributed by atoms with E-state index in [0.29, 0.717) is 12.4 Å². The van der Waals surface area contributed by atoms with Crippen molar-refractivity contribution in [3.8, 4) is 0 Å². The van der Waals surface area contributed by atoms with Gasteiger partial charge in [0.25, 0.3) is 0 Å². The number of aromatic nitrogens is 2. The molecule has 1 aliphatic rings. The Balaban J connectivity index is 1.69. The Labute approximate surface area is 135 Å². The topological polar surface area (TPSA) is 78.3 Å².